The Morgan fingerprint density at radius 2 is 1.71 bits per heavy atom. The lowest BCUT2D eigenvalue weighted by molar-refractivity contribution is -0.123. The number of methoxy groups -OCH3 is 1. The molecular weight excluding hydrogens is 517 g/mol. The van der Waals surface area contributed by atoms with Gasteiger partial charge in [0.15, 0.2) is 11.5 Å². The van der Waals surface area contributed by atoms with Gasteiger partial charge < -0.3 is 9.47 Å². The van der Waals surface area contributed by atoms with Crippen LogP contribution in [0.4, 0.5) is 4.79 Å². The largest absolute Gasteiger partial charge is 0.493 e. The van der Waals surface area contributed by atoms with E-state index < -0.39 is 0 Å². The van der Waals surface area contributed by atoms with E-state index in [0.717, 1.165) is 17.3 Å². The van der Waals surface area contributed by atoms with Gasteiger partial charge in [-0.1, -0.05) is 65.1 Å². The highest BCUT2D eigenvalue weighted by Crippen LogP contribution is 2.36. The molecule has 3 aromatic carbocycles. The van der Waals surface area contributed by atoms with Gasteiger partial charge in [-0.3, -0.25) is 14.5 Å². The number of thioether (sulfide) groups is 1. The lowest BCUT2D eigenvalue weighted by atomic mass is 10.1. The van der Waals surface area contributed by atoms with Gasteiger partial charge in [-0.25, -0.2) is 0 Å². The van der Waals surface area contributed by atoms with Gasteiger partial charge in [-0.05, 0) is 64.9 Å². The Morgan fingerprint density at radius 3 is 2.44 bits per heavy atom. The fourth-order valence-corrected chi connectivity index (χ4v) is 4.62. The molecule has 9 heteroatoms. The van der Waals surface area contributed by atoms with E-state index in [4.69, 9.17) is 44.3 Å². The van der Waals surface area contributed by atoms with Gasteiger partial charge in [0, 0.05) is 5.02 Å². The number of carbonyl (C=O) groups excluding carboxylic acids is 2. The first-order valence-corrected chi connectivity index (χ1v) is 12.0. The molecule has 174 valence electrons. The van der Waals surface area contributed by atoms with Crippen LogP contribution in [-0.2, 0) is 17.9 Å². The van der Waals surface area contributed by atoms with E-state index in [-0.39, 0.29) is 24.3 Å². The van der Waals surface area contributed by atoms with Crippen LogP contribution in [0.5, 0.6) is 11.5 Å². The predicted molar refractivity (Wildman–Crippen MR) is 137 cm³/mol. The van der Waals surface area contributed by atoms with Crippen molar-refractivity contribution in [1.29, 1.82) is 0 Å². The SMILES string of the molecule is COc1cc(/C=C2\SC(=O)N(Cc3ccccc3Cl)C2=O)ccc1OCc1ccc(Cl)c(Cl)c1. The summed E-state index contributed by atoms with van der Waals surface area (Å²) in [5.41, 5.74) is 2.26. The van der Waals surface area contributed by atoms with Crippen LogP contribution in [0.25, 0.3) is 6.08 Å². The molecule has 1 aliphatic heterocycles. The average molecular weight is 535 g/mol. The van der Waals surface area contributed by atoms with Crippen LogP contribution in [0.1, 0.15) is 16.7 Å². The van der Waals surface area contributed by atoms with Gasteiger partial charge in [0.25, 0.3) is 11.1 Å². The first-order valence-electron chi connectivity index (χ1n) is 10.1. The molecule has 0 unspecified atom stereocenters. The van der Waals surface area contributed by atoms with Crippen molar-refractivity contribution in [2.24, 2.45) is 0 Å². The third kappa shape index (κ3) is 5.53. The van der Waals surface area contributed by atoms with Gasteiger partial charge in [-0.15, -0.1) is 0 Å². The number of benzene rings is 3. The van der Waals surface area contributed by atoms with Crippen LogP contribution in [0.15, 0.2) is 65.6 Å². The highest BCUT2D eigenvalue weighted by Gasteiger charge is 2.35. The van der Waals surface area contributed by atoms with Crippen molar-refractivity contribution in [1.82, 2.24) is 4.90 Å². The first kappa shape index (κ1) is 24.5. The van der Waals surface area contributed by atoms with Gasteiger partial charge in [0.05, 0.1) is 28.6 Å². The minimum absolute atomic E-state index is 0.118. The first-order chi connectivity index (χ1) is 16.4. The Morgan fingerprint density at radius 1 is 0.912 bits per heavy atom. The standard InChI is InChI=1S/C25H18Cl3NO4S/c1-32-22-11-15(7-9-21(22)33-14-16-6-8-19(27)20(28)10-16)12-23-24(30)29(25(31)34-23)13-17-4-2-3-5-18(17)26/h2-12H,13-14H2,1H3/b23-12-. The average Bonchev–Trinajstić information content (AvgIpc) is 3.08. The Hall–Kier alpha value is -2.64. The van der Waals surface area contributed by atoms with E-state index in [2.05, 4.69) is 0 Å². The fourth-order valence-electron chi connectivity index (χ4n) is 3.27. The van der Waals surface area contributed by atoms with Crippen LogP contribution in [-0.4, -0.2) is 23.2 Å². The monoisotopic (exact) mass is 533 g/mol. The third-order valence-corrected chi connectivity index (χ3v) is 7.04. The minimum atomic E-state index is -0.367. The lowest BCUT2D eigenvalue weighted by Crippen LogP contribution is -2.27. The highest BCUT2D eigenvalue weighted by molar-refractivity contribution is 8.18. The number of halogens is 3. The van der Waals surface area contributed by atoms with Gasteiger partial charge in [-0.2, -0.15) is 0 Å². The summed E-state index contributed by atoms with van der Waals surface area (Å²) in [6.45, 7) is 0.389. The summed E-state index contributed by atoms with van der Waals surface area (Å²) in [4.78, 5) is 26.8. The fraction of sp³-hybridized carbons (Fsp3) is 0.120. The second-order valence-corrected chi connectivity index (χ2v) is 9.52. The van der Waals surface area contributed by atoms with Crippen molar-refractivity contribution in [3.05, 3.63) is 97.3 Å². The molecule has 34 heavy (non-hydrogen) atoms. The van der Waals surface area contributed by atoms with Crippen molar-refractivity contribution in [3.63, 3.8) is 0 Å². The molecule has 1 saturated heterocycles. The molecule has 0 radical (unpaired) electrons. The number of carbonyl (C=O) groups is 2. The van der Waals surface area contributed by atoms with E-state index in [1.807, 2.05) is 12.1 Å². The molecule has 0 spiro atoms. The molecule has 1 heterocycles. The molecule has 0 N–H and O–H groups in total. The number of rotatable bonds is 7. The Bertz CT molecular complexity index is 1290. The summed E-state index contributed by atoms with van der Waals surface area (Å²) in [6.07, 6.45) is 1.66. The number of ether oxygens (including phenoxy) is 2. The summed E-state index contributed by atoms with van der Waals surface area (Å²) in [5, 5.41) is 1.09. The predicted octanol–water partition coefficient (Wildman–Crippen LogP) is 7.47. The smallest absolute Gasteiger partial charge is 0.293 e. The van der Waals surface area contributed by atoms with E-state index in [1.54, 1.807) is 54.6 Å². The van der Waals surface area contributed by atoms with Crippen molar-refractivity contribution in [2.75, 3.05) is 7.11 Å². The van der Waals surface area contributed by atoms with Crippen LogP contribution in [0, 0.1) is 0 Å². The lowest BCUT2D eigenvalue weighted by Gasteiger charge is -2.13. The summed E-state index contributed by atoms with van der Waals surface area (Å²) in [5.74, 6) is 0.649. The van der Waals surface area contributed by atoms with Gasteiger partial charge in [0.1, 0.15) is 6.61 Å². The zero-order valence-corrected chi connectivity index (χ0v) is 21.0. The number of nitrogens with zero attached hydrogens (tertiary/aromatic N) is 1. The van der Waals surface area contributed by atoms with E-state index in [1.165, 1.54) is 12.0 Å². The van der Waals surface area contributed by atoms with Crippen LogP contribution >= 0.6 is 46.6 Å². The van der Waals surface area contributed by atoms with E-state index >= 15 is 0 Å². The number of hydrogen-bond acceptors (Lipinski definition) is 5. The van der Waals surface area contributed by atoms with Crippen LogP contribution < -0.4 is 9.47 Å². The molecule has 1 fully saturated rings. The van der Waals surface area contributed by atoms with Crippen LogP contribution in [0.3, 0.4) is 0 Å². The maximum absolute atomic E-state index is 12.9. The maximum Gasteiger partial charge on any atom is 0.293 e. The van der Waals surface area contributed by atoms with E-state index in [9.17, 15) is 9.59 Å². The summed E-state index contributed by atoms with van der Waals surface area (Å²) < 4.78 is 11.3. The van der Waals surface area contributed by atoms with Crippen molar-refractivity contribution < 1.29 is 19.1 Å². The molecule has 0 bridgehead atoms. The molecule has 0 saturated carbocycles. The maximum atomic E-state index is 12.9. The number of amides is 2. The molecule has 4 rings (SSSR count). The van der Waals surface area contributed by atoms with Gasteiger partial charge >= 0.3 is 0 Å². The Balaban J connectivity index is 1.49. The van der Waals surface area contributed by atoms with E-state index in [0.29, 0.717) is 42.6 Å². The molecule has 1 aliphatic rings. The molecule has 0 atom stereocenters. The molecule has 0 aliphatic carbocycles. The van der Waals surface area contributed by atoms with Gasteiger partial charge in [0.2, 0.25) is 0 Å². The summed E-state index contributed by atoms with van der Waals surface area (Å²) in [7, 11) is 1.53. The molecule has 3 aromatic rings. The number of hydrogen-bond donors (Lipinski definition) is 0. The zero-order chi connectivity index (χ0) is 24.2. The Kier molecular flexibility index (Phi) is 7.73. The highest BCUT2D eigenvalue weighted by atomic mass is 35.5. The molecular formula is C25H18Cl3NO4S. The van der Waals surface area contributed by atoms with Crippen LogP contribution in [0.2, 0.25) is 15.1 Å². The second kappa shape index (κ2) is 10.7. The quantitative estimate of drug-likeness (QED) is 0.294. The van der Waals surface area contributed by atoms with Crippen molar-refractivity contribution >= 4 is 63.8 Å². The number of imide groups is 1. The normalized spacial score (nSPS) is 14.7. The van der Waals surface area contributed by atoms with Crippen molar-refractivity contribution in [3.8, 4) is 11.5 Å². The Labute approximate surface area is 216 Å². The minimum Gasteiger partial charge on any atom is -0.493 e. The third-order valence-electron chi connectivity index (χ3n) is 5.02. The molecule has 5 nitrogen and oxygen atoms in total. The molecule has 0 aromatic heterocycles. The van der Waals surface area contributed by atoms with Crippen molar-refractivity contribution in [2.45, 2.75) is 13.2 Å². The second-order valence-electron chi connectivity index (χ2n) is 7.31. The summed E-state index contributed by atoms with van der Waals surface area (Å²) in [6, 6.07) is 17.7. The molecule has 2 amide bonds. The summed E-state index contributed by atoms with van der Waals surface area (Å²) >= 11 is 19.1. The zero-order valence-electron chi connectivity index (χ0n) is 17.9. The topological polar surface area (TPSA) is 55.8 Å².